The second-order valence-corrected chi connectivity index (χ2v) is 9.20. The Morgan fingerprint density at radius 3 is 2.61 bits per heavy atom. The van der Waals surface area contributed by atoms with Crippen LogP contribution in [0, 0.1) is 0 Å². The van der Waals surface area contributed by atoms with Gasteiger partial charge in [0.2, 0.25) is 0 Å². The Balaban J connectivity index is 2.60. The molecule has 128 valence electrons. The van der Waals surface area contributed by atoms with Crippen molar-refractivity contribution in [2.45, 2.75) is 43.9 Å². The highest BCUT2D eigenvalue weighted by Gasteiger charge is 2.30. The summed E-state index contributed by atoms with van der Waals surface area (Å²) in [5.41, 5.74) is 0.805. The lowest BCUT2D eigenvalue weighted by atomic mass is 10.1. The normalized spacial score (nSPS) is 13.8. The second kappa shape index (κ2) is 7.49. The predicted molar refractivity (Wildman–Crippen MR) is 96.9 cm³/mol. The van der Waals surface area contributed by atoms with Gasteiger partial charge in [0.1, 0.15) is 4.21 Å². The highest BCUT2D eigenvalue weighted by atomic mass is 35.5. The molecule has 0 amide bonds. The molecule has 1 unspecified atom stereocenters. The smallest absolute Gasteiger partial charge is 0.252 e. The van der Waals surface area contributed by atoms with Crippen molar-refractivity contribution in [3.05, 3.63) is 28.8 Å². The Kier molecular flexibility index (Phi) is 6.08. The molecule has 0 aliphatic rings. The average Bonchev–Trinajstić information content (AvgIpc) is 2.84. The fraction of sp³-hybridized carbons (Fsp3) is 0.500. The number of aliphatic hydroxyl groups excluding tert-OH is 1. The van der Waals surface area contributed by atoms with Crippen LogP contribution in [0.2, 0.25) is 5.02 Å². The van der Waals surface area contributed by atoms with Gasteiger partial charge in [0, 0.05) is 22.8 Å². The number of hydrogen-bond acceptors (Lipinski definition) is 4. The number of aliphatic hydroxyl groups is 1. The van der Waals surface area contributed by atoms with Gasteiger partial charge in [-0.3, -0.25) is 0 Å². The minimum atomic E-state index is -3.63. The Bertz CT molecular complexity index is 784. The molecule has 0 saturated carbocycles. The van der Waals surface area contributed by atoms with Gasteiger partial charge in [-0.25, -0.2) is 8.42 Å². The van der Waals surface area contributed by atoms with Crippen LogP contribution >= 0.6 is 22.9 Å². The lowest BCUT2D eigenvalue weighted by molar-refractivity contribution is 0.163. The van der Waals surface area contributed by atoms with E-state index >= 15 is 0 Å². The number of nitrogens with zero attached hydrogens (tertiary/aromatic N) is 1. The molecule has 0 aliphatic carbocycles. The van der Waals surface area contributed by atoms with Crippen LogP contribution in [0.5, 0.6) is 0 Å². The second-order valence-electron chi connectivity index (χ2n) is 5.57. The van der Waals surface area contributed by atoms with E-state index in [2.05, 4.69) is 0 Å². The number of sulfonamides is 1. The van der Waals surface area contributed by atoms with E-state index in [1.165, 1.54) is 15.6 Å². The molecule has 2 rings (SSSR count). The van der Waals surface area contributed by atoms with E-state index < -0.39 is 16.1 Å². The summed E-state index contributed by atoms with van der Waals surface area (Å²) in [5.74, 6) is 0. The van der Waals surface area contributed by atoms with Crippen LogP contribution in [0.25, 0.3) is 10.1 Å². The first-order chi connectivity index (χ1) is 10.8. The molecule has 1 heterocycles. The lowest BCUT2D eigenvalue weighted by Gasteiger charge is -2.22. The van der Waals surface area contributed by atoms with Crippen molar-refractivity contribution in [1.29, 1.82) is 0 Å². The summed E-state index contributed by atoms with van der Waals surface area (Å²) >= 11 is 7.34. The number of benzene rings is 1. The summed E-state index contributed by atoms with van der Waals surface area (Å²) in [4.78, 5) is 0. The predicted octanol–water partition coefficient (Wildman–Crippen LogP) is 3.90. The highest BCUT2D eigenvalue weighted by Crippen LogP contribution is 2.37. The van der Waals surface area contributed by atoms with Crippen LogP contribution in [0.3, 0.4) is 0 Å². The summed E-state index contributed by atoms with van der Waals surface area (Å²) in [6.45, 7) is 5.97. The van der Waals surface area contributed by atoms with Gasteiger partial charge in [0.15, 0.2) is 0 Å². The number of hydrogen-bond donors (Lipinski definition) is 1. The zero-order chi connectivity index (χ0) is 17.2. The first-order valence-electron chi connectivity index (χ1n) is 7.70. The minimum Gasteiger partial charge on any atom is -0.392 e. The molecule has 4 nitrogen and oxygen atoms in total. The minimum absolute atomic E-state index is 0.105. The molecular weight excluding hydrogens is 354 g/mol. The fourth-order valence-electron chi connectivity index (χ4n) is 2.61. The van der Waals surface area contributed by atoms with Gasteiger partial charge >= 0.3 is 0 Å². The standard InChI is InChI=1S/C16H22ClNO3S2/c1-4-8-18(10-11(3)19)23(20,21)16-13(5-2)14-9-12(17)6-7-15(14)22-16/h6-7,9,11,19H,4-5,8,10H2,1-3H3. The van der Waals surface area contributed by atoms with Crippen molar-refractivity contribution in [3.63, 3.8) is 0 Å². The van der Waals surface area contributed by atoms with Crippen molar-refractivity contribution in [2.75, 3.05) is 13.1 Å². The van der Waals surface area contributed by atoms with Crippen LogP contribution in [-0.2, 0) is 16.4 Å². The summed E-state index contributed by atoms with van der Waals surface area (Å²) in [7, 11) is -3.63. The topological polar surface area (TPSA) is 57.6 Å². The van der Waals surface area contributed by atoms with E-state index in [1.54, 1.807) is 13.0 Å². The molecule has 0 fully saturated rings. The van der Waals surface area contributed by atoms with Crippen molar-refractivity contribution in [3.8, 4) is 0 Å². The fourth-order valence-corrected chi connectivity index (χ4v) is 6.43. The molecule has 1 aromatic heterocycles. The maximum Gasteiger partial charge on any atom is 0.252 e. The van der Waals surface area contributed by atoms with E-state index in [0.29, 0.717) is 28.6 Å². The Morgan fingerprint density at radius 2 is 2.04 bits per heavy atom. The monoisotopic (exact) mass is 375 g/mol. The molecule has 7 heteroatoms. The van der Waals surface area contributed by atoms with Crippen LogP contribution < -0.4 is 0 Å². The zero-order valence-corrected chi connectivity index (χ0v) is 15.9. The molecule has 1 aromatic carbocycles. The van der Waals surface area contributed by atoms with Crippen molar-refractivity contribution >= 4 is 43.0 Å². The molecule has 0 bridgehead atoms. The quantitative estimate of drug-likeness (QED) is 0.798. The van der Waals surface area contributed by atoms with Gasteiger partial charge in [-0.05, 0) is 48.9 Å². The van der Waals surface area contributed by atoms with Crippen molar-refractivity contribution < 1.29 is 13.5 Å². The van der Waals surface area contributed by atoms with Crippen LogP contribution in [0.4, 0.5) is 0 Å². The molecule has 0 aliphatic heterocycles. The van der Waals surface area contributed by atoms with Gasteiger partial charge in [-0.1, -0.05) is 25.4 Å². The third-order valence-electron chi connectivity index (χ3n) is 3.58. The molecular formula is C16H22ClNO3S2. The maximum atomic E-state index is 13.1. The molecule has 0 radical (unpaired) electrons. The lowest BCUT2D eigenvalue weighted by Crippen LogP contribution is -2.37. The van der Waals surface area contributed by atoms with E-state index in [-0.39, 0.29) is 6.54 Å². The summed E-state index contributed by atoms with van der Waals surface area (Å²) in [6.07, 6.45) is 0.610. The van der Waals surface area contributed by atoms with E-state index in [9.17, 15) is 13.5 Å². The van der Waals surface area contributed by atoms with Gasteiger partial charge in [-0.2, -0.15) is 4.31 Å². The molecule has 1 atom stereocenters. The number of aryl methyl sites for hydroxylation is 1. The Morgan fingerprint density at radius 1 is 1.35 bits per heavy atom. The first kappa shape index (κ1) is 18.7. The zero-order valence-electron chi connectivity index (χ0n) is 13.5. The third kappa shape index (κ3) is 3.88. The van der Waals surface area contributed by atoms with Gasteiger partial charge in [0.05, 0.1) is 6.10 Å². The molecule has 0 saturated heterocycles. The molecule has 23 heavy (non-hydrogen) atoms. The van der Waals surface area contributed by atoms with E-state index in [1.807, 2.05) is 26.0 Å². The molecule has 2 aromatic rings. The van der Waals surface area contributed by atoms with E-state index in [4.69, 9.17) is 11.6 Å². The Labute approximate surface area is 146 Å². The number of halogens is 1. The van der Waals surface area contributed by atoms with Crippen LogP contribution in [-0.4, -0.2) is 37.0 Å². The SMILES string of the molecule is CCCN(CC(C)O)S(=O)(=O)c1sc2ccc(Cl)cc2c1CC. The van der Waals surface area contributed by atoms with Crippen LogP contribution in [0.1, 0.15) is 32.8 Å². The summed E-state index contributed by atoms with van der Waals surface area (Å²) in [5, 5.41) is 11.1. The van der Waals surface area contributed by atoms with Gasteiger partial charge in [-0.15, -0.1) is 11.3 Å². The van der Waals surface area contributed by atoms with Gasteiger partial charge in [0.25, 0.3) is 10.0 Å². The van der Waals surface area contributed by atoms with Gasteiger partial charge < -0.3 is 5.11 Å². The van der Waals surface area contributed by atoms with Crippen molar-refractivity contribution in [1.82, 2.24) is 4.31 Å². The molecule has 0 spiro atoms. The number of rotatable bonds is 7. The number of thiophene rings is 1. The average molecular weight is 376 g/mol. The third-order valence-corrected chi connectivity index (χ3v) is 7.44. The highest BCUT2D eigenvalue weighted by molar-refractivity contribution is 7.91. The largest absolute Gasteiger partial charge is 0.392 e. The first-order valence-corrected chi connectivity index (χ1v) is 10.3. The summed E-state index contributed by atoms with van der Waals surface area (Å²) in [6, 6.07) is 5.46. The van der Waals surface area contributed by atoms with Crippen LogP contribution in [0.15, 0.2) is 22.4 Å². The Hall–Kier alpha value is -0.660. The van der Waals surface area contributed by atoms with Crippen molar-refractivity contribution in [2.24, 2.45) is 0 Å². The summed E-state index contributed by atoms with van der Waals surface area (Å²) < 4.78 is 28.8. The maximum absolute atomic E-state index is 13.1. The molecule has 1 N–H and O–H groups in total. The number of fused-ring (bicyclic) bond motifs is 1. The van der Waals surface area contributed by atoms with E-state index in [0.717, 1.165) is 15.6 Å².